The van der Waals surface area contributed by atoms with E-state index in [2.05, 4.69) is 4.72 Å². The summed E-state index contributed by atoms with van der Waals surface area (Å²) in [5.41, 5.74) is 1.65. The summed E-state index contributed by atoms with van der Waals surface area (Å²) in [7, 11) is -0.431. The Balaban J connectivity index is 1.75. The molecule has 1 amide bonds. The number of carbonyl (C=O) groups is 1. The summed E-state index contributed by atoms with van der Waals surface area (Å²) in [5.74, 6) is 0.509. The molecule has 0 unspecified atom stereocenters. The van der Waals surface area contributed by atoms with Crippen LogP contribution < -0.4 is 9.46 Å². The minimum absolute atomic E-state index is 0.159. The summed E-state index contributed by atoms with van der Waals surface area (Å²) in [6, 6.07) is 22.0. The number of methoxy groups -OCH3 is 1. The first-order valence-electron chi connectivity index (χ1n) is 8.95. The smallest absolute Gasteiger partial charge is 0.261 e. The SMILES string of the molecule is COc1cccc(CN(C)C(=O)c2cccc(NS(=O)(=O)c3ccccc3)c2)c1. The van der Waals surface area contributed by atoms with Crippen LogP contribution in [-0.2, 0) is 16.6 Å². The van der Waals surface area contributed by atoms with E-state index >= 15 is 0 Å². The molecule has 0 aromatic heterocycles. The van der Waals surface area contributed by atoms with E-state index in [0.29, 0.717) is 17.8 Å². The molecule has 0 aliphatic rings. The van der Waals surface area contributed by atoms with Crippen LogP contribution in [-0.4, -0.2) is 33.4 Å². The van der Waals surface area contributed by atoms with Crippen LogP contribution in [0.15, 0.2) is 83.8 Å². The van der Waals surface area contributed by atoms with Gasteiger partial charge in [0.2, 0.25) is 0 Å². The second-order valence-electron chi connectivity index (χ2n) is 6.51. The fraction of sp³-hybridized carbons (Fsp3) is 0.136. The Kier molecular flexibility index (Phi) is 6.19. The van der Waals surface area contributed by atoms with Crippen molar-refractivity contribution >= 4 is 21.6 Å². The van der Waals surface area contributed by atoms with E-state index in [1.54, 1.807) is 55.5 Å². The first-order valence-corrected chi connectivity index (χ1v) is 10.4. The molecule has 150 valence electrons. The summed E-state index contributed by atoms with van der Waals surface area (Å²) in [6.07, 6.45) is 0. The van der Waals surface area contributed by atoms with Crippen LogP contribution in [0.5, 0.6) is 5.75 Å². The molecule has 0 spiro atoms. The predicted octanol–water partition coefficient (Wildman–Crippen LogP) is 3.77. The first-order chi connectivity index (χ1) is 13.9. The van der Waals surface area contributed by atoms with E-state index in [9.17, 15) is 13.2 Å². The number of hydrogen-bond donors (Lipinski definition) is 1. The third-order valence-electron chi connectivity index (χ3n) is 4.32. The topological polar surface area (TPSA) is 75.7 Å². The molecule has 0 heterocycles. The van der Waals surface area contributed by atoms with Gasteiger partial charge in [0.25, 0.3) is 15.9 Å². The predicted molar refractivity (Wildman–Crippen MR) is 112 cm³/mol. The zero-order valence-corrected chi connectivity index (χ0v) is 17.0. The van der Waals surface area contributed by atoms with Gasteiger partial charge in [0, 0.05) is 24.8 Å². The number of sulfonamides is 1. The molecular formula is C22H22N2O4S. The Labute approximate surface area is 170 Å². The molecule has 1 N–H and O–H groups in total. The highest BCUT2D eigenvalue weighted by Gasteiger charge is 2.16. The van der Waals surface area contributed by atoms with Crippen molar-refractivity contribution in [1.82, 2.24) is 4.90 Å². The normalized spacial score (nSPS) is 11.0. The van der Waals surface area contributed by atoms with Gasteiger partial charge in [0.1, 0.15) is 5.75 Å². The van der Waals surface area contributed by atoms with Crippen molar-refractivity contribution in [3.05, 3.63) is 90.0 Å². The number of ether oxygens (including phenoxy) is 1. The molecule has 7 heteroatoms. The minimum atomic E-state index is -3.72. The number of hydrogen-bond acceptors (Lipinski definition) is 4. The van der Waals surface area contributed by atoms with Crippen molar-refractivity contribution in [1.29, 1.82) is 0 Å². The number of anilines is 1. The third kappa shape index (κ3) is 5.14. The third-order valence-corrected chi connectivity index (χ3v) is 5.71. The Morgan fingerprint density at radius 1 is 0.966 bits per heavy atom. The van der Waals surface area contributed by atoms with Crippen LogP contribution in [0.3, 0.4) is 0 Å². The van der Waals surface area contributed by atoms with Gasteiger partial charge in [-0.25, -0.2) is 8.42 Å². The van der Waals surface area contributed by atoms with Crippen molar-refractivity contribution in [3.63, 3.8) is 0 Å². The van der Waals surface area contributed by atoms with E-state index in [1.165, 1.54) is 18.2 Å². The lowest BCUT2D eigenvalue weighted by Crippen LogP contribution is -2.26. The molecule has 6 nitrogen and oxygen atoms in total. The lowest BCUT2D eigenvalue weighted by atomic mass is 10.1. The summed E-state index contributed by atoms with van der Waals surface area (Å²) in [5, 5.41) is 0. The monoisotopic (exact) mass is 410 g/mol. The molecule has 0 saturated carbocycles. The highest BCUT2D eigenvalue weighted by molar-refractivity contribution is 7.92. The molecule has 0 saturated heterocycles. The van der Waals surface area contributed by atoms with Gasteiger partial charge >= 0.3 is 0 Å². The van der Waals surface area contributed by atoms with Gasteiger partial charge in [-0.15, -0.1) is 0 Å². The van der Waals surface area contributed by atoms with Gasteiger partial charge < -0.3 is 9.64 Å². The van der Waals surface area contributed by atoms with E-state index in [0.717, 1.165) is 11.3 Å². The molecule has 0 aliphatic heterocycles. The number of amides is 1. The standard InChI is InChI=1S/C22H22N2O4S/c1-24(16-17-8-6-11-20(14-17)28-2)22(25)18-9-7-10-19(15-18)23-29(26,27)21-12-4-3-5-13-21/h3-15,23H,16H2,1-2H3. The lowest BCUT2D eigenvalue weighted by Gasteiger charge is -2.18. The summed E-state index contributed by atoms with van der Waals surface area (Å²) in [6.45, 7) is 0.399. The van der Waals surface area contributed by atoms with Gasteiger partial charge in [-0.1, -0.05) is 36.4 Å². The maximum atomic E-state index is 12.8. The van der Waals surface area contributed by atoms with E-state index < -0.39 is 10.0 Å². The highest BCUT2D eigenvalue weighted by atomic mass is 32.2. The highest BCUT2D eigenvalue weighted by Crippen LogP contribution is 2.19. The number of rotatable bonds is 7. The Morgan fingerprint density at radius 3 is 2.41 bits per heavy atom. The summed E-state index contributed by atoms with van der Waals surface area (Å²) < 4.78 is 32.7. The summed E-state index contributed by atoms with van der Waals surface area (Å²) >= 11 is 0. The number of nitrogens with one attached hydrogen (secondary N) is 1. The molecule has 3 aromatic carbocycles. The molecule has 0 fully saturated rings. The molecule has 29 heavy (non-hydrogen) atoms. The molecular weight excluding hydrogens is 388 g/mol. The van der Waals surface area contributed by atoms with Crippen LogP contribution in [0.25, 0.3) is 0 Å². The van der Waals surface area contributed by atoms with E-state index in [1.807, 2.05) is 24.3 Å². The Morgan fingerprint density at radius 2 is 1.69 bits per heavy atom. The van der Waals surface area contributed by atoms with Crippen molar-refractivity contribution in [3.8, 4) is 5.75 Å². The van der Waals surface area contributed by atoms with Crippen LogP contribution in [0.4, 0.5) is 5.69 Å². The Bertz CT molecular complexity index is 1100. The van der Waals surface area contributed by atoms with Crippen molar-refractivity contribution in [2.75, 3.05) is 18.9 Å². The molecule has 0 atom stereocenters. The van der Waals surface area contributed by atoms with Gasteiger partial charge in [0.15, 0.2) is 0 Å². The summed E-state index contributed by atoms with van der Waals surface area (Å²) in [4.78, 5) is 14.5. The number of carbonyl (C=O) groups excluding carboxylic acids is 1. The second-order valence-corrected chi connectivity index (χ2v) is 8.19. The van der Waals surface area contributed by atoms with Gasteiger partial charge in [0.05, 0.1) is 12.0 Å². The number of nitrogens with zero attached hydrogens (tertiary/aromatic N) is 1. The Hall–Kier alpha value is -3.32. The molecule has 0 bridgehead atoms. The average molecular weight is 410 g/mol. The zero-order valence-electron chi connectivity index (χ0n) is 16.2. The number of benzene rings is 3. The molecule has 0 aliphatic carbocycles. The molecule has 3 aromatic rings. The maximum Gasteiger partial charge on any atom is 0.261 e. The largest absolute Gasteiger partial charge is 0.497 e. The zero-order chi connectivity index (χ0) is 20.9. The quantitative estimate of drug-likeness (QED) is 0.643. The van der Waals surface area contributed by atoms with Crippen LogP contribution >= 0.6 is 0 Å². The van der Waals surface area contributed by atoms with Gasteiger partial charge in [-0.2, -0.15) is 0 Å². The van der Waals surface area contributed by atoms with Crippen molar-refractivity contribution in [2.45, 2.75) is 11.4 Å². The van der Waals surface area contributed by atoms with Crippen molar-refractivity contribution < 1.29 is 17.9 Å². The van der Waals surface area contributed by atoms with E-state index in [4.69, 9.17) is 4.74 Å². The van der Waals surface area contributed by atoms with E-state index in [-0.39, 0.29) is 10.8 Å². The second kappa shape index (κ2) is 8.79. The van der Waals surface area contributed by atoms with Crippen LogP contribution in [0.2, 0.25) is 0 Å². The lowest BCUT2D eigenvalue weighted by molar-refractivity contribution is 0.0785. The molecule has 0 radical (unpaired) electrons. The fourth-order valence-corrected chi connectivity index (χ4v) is 3.94. The van der Waals surface area contributed by atoms with Crippen LogP contribution in [0.1, 0.15) is 15.9 Å². The molecule has 3 rings (SSSR count). The van der Waals surface area contributed by atoms with Gasteiger partial charge in [-0.05, 0) is 48.0 Å². The van der Waals surface area contributed by atoms with Crippen molar-refractivity contribution in [2.24, 2.45) is 0 Å². The van der Waals surface area contributed by atoms with Crippen LogP contribution in [0, 0.1) is 0 Å². The minimum Gasteiger partial charge on any atom is -0.497 e. The van der Waals surface area contributed by atoms with Gasteiger partial charge in [-0.3, -0.25) is 9.52 Å². The average Bonchev–Trinajstić information content (AvgIpc) is 2.74. The first kappa shape index (κ1) is 20.4. The fourth-order valence-electron chi connectivity index (χ4n) is 2.87. The maximum absolute atomic E-state index is 12.8.